The molecule has 0 fully saturated rings. The van der Waals surface area contributed by atoms with Gasteiger partial charge in [-0.25, -0.2) is 0 Å². The van der Waals surface area contributed by atoms with Crippen LogP contribution in [-0.4, -0.2) is 29.2 Å². The number of carbonyl (C=O) groups is 1. The molecule has 82 valence electrons. The van der Waals surface area contributed by atoms with Crippen molar-refractivity contribution in [2.24, 2.45) is 0 Å². The smallest absolute Gasteiger partial charge is 0.222 e. The summed E-state index contributed by atoms with van der Waals surface area (Å²) in [5, 5.41) is 0.979. The van der Waals surface area contributed by atoms with E-state index in [9.17, 15) is 4.79 Å². The van der Waals surface area contributed by atoms with Crippen molar-refractivity contribution in [1.82, 2.24) is 4.90 Å². The van der Waals surface area contributed by atoms with Crippen LogP contribution >= 0.6 is 15.9 Å². The summed E-state index contributed by atoms with van der Waals surface area (Å²) < 4.78 is 0. The Labute approximate surface area is 95.5 Å². The second-order valence-corrected chi connectivity index (χ2v) is 4.30. The van der Waals surface area contributed by atoms with Crippen LogP contribution in [0.4, 0.5) is 0 Å². The van der Waals surface area contributed by atoms with E-state index in [4.69, 9.17) is 0 Å². The molecule has 2 nitrogen and oxygen atoms in total. The molecule has 0 heterocycles. The van der Waals surface area contributed by atoms with E-state index in [0.29, 0.717) is 13.0 Å². The van der Waals surface area contributed by atoms with Gasteiger partial charge in [-0.1, -0.05) is 28.1 Å². The first kappa shape index (κ1) is 13.7. The number of hydrogen-bond acceptors (Lipinski definition) is 1. The molecule has 0 aromatic rings. The molecule has 1 amide bonds. The third-order valence-electron chi connectivity index (χ3n) is 1.97. The van der Waals surface area contributed by atoms with E-state index in [0.717, 1.165) is 30.3 Å². The molecule has 0 bridgehead atoms. The summed E-state index contributed by atoms with van der Waals surface area (Å²) in [5.41, 5.74) is 1.04. The minimum atomic E-state index is 0.247. The van der Waals surface area contributed by atoms with Crippen molar-refractivity contribution in [2.45, 2.75) is 33.1 Å². The number of alkyl halides is 1. The molecular formula is C11H20BrNO. The van der Waals surface area contributed by atoms with Gasteiger partial charge in [0.15, 0.2) is 0 Å². The third kappa shape index (κ3) is 6.19. The highest BCUT2D eigenvalue weighted by Gasteiger charge is 2.10. The quantitative estimate of drug-likeness (QED) is 0.392. The number of carbonyl (C=O) groups excluding carboxylic acids is 1. The summed E-state index contributed by atoms with van der Waals surface area (Å²) in [5.74, 6) is 0.247. The number of hydrogen-bond donors (Lipinski definition) is 0. The second-order valence-electron chi connectivity index (χ2n) is 3.51. The Kier molecular flexibility index (Phi) is 7.86. The molecule has 0 aromatic carbocycles. The highest BCUT2D eigenvalue weighted by atomic mass is 79.9. The average Bonchev–Trinajstić information content (AvgIpc) is 2.14. The first-order valence-corrected chi connectivity index (χ1v) is 6.22. The standard InChI is InChI=1S/C11H20BrNO/c1-4-13(9-10(2)3)11(14)7-5-6-8-12/h2,4-9H2,1,3H3. The lowest BCUT2D eigenvalue weighted by Gasteiger charge is -2.20. The van der Waals surface area contributed by atoms with Crippen molar-refractivity contribution in [3.05, 3.63) is 12.2 Å². The molecule has 0 saturated carbocycles. The maximum absolute atomic E-state index is 11.7. The van der Waals surface area contributed by atoms with Crippen LogP contribution in [0.25, 0.3) is 0 Å². The molecule has 0 N–H and O–H groups in total. The Morgan fingerprint density at radius 2 is 2.07 bits per heavy atom. The van der Waals surface area contributed by atoms with Gasteiger partial charge in [0.05, 0.1) is 0 Å². The van der Waals surface area contributed by atoms with Gasteiger partial charge < -0.3 is 4.90 Å². The molecule has 3 heteroatoms. The first-order chi connectivity index (χ1) is 6.61. The Balaban J connectivity index is 3.85. The summed E-state index contributed by atoms with van der Waals surface area (Å²) in [6.45, 7) is 9.25. The van der Waals surface area contributed by atoms with Gasteiger partial charge in [-0.2, -0.15) is 0 Å². The molecule has 0 atom stereocenters. The van der Waals surface area contributed by atoms with E-state index >= 15 is 0 Å². The summed E-state index contributed by atoms with van der Waals surface area (Å²) in [6.07, 6.45) is 2.69. The van der Waals surface area contributed by atoms with E-state index < -0.39 is 0 Å². The molecule has 0 spiro atoms. The Morgan fingerprint density at radius 3 is 2.50 bits per heavy atom. The maximum atomic E-state index is 11.7. The lowest BCUT2D eigenvalue weighted by atomic mass is 10.2. The fraction of sp³-hybridized carbons (Fsp3) is 0.727. The average molecular weight is 262 g/mol. The number of unbranched alkanes of at least 4 members (excludes halogenated alkanes) is 1. The van der Waals surface area contributed by atoms with Gasteiger partial charge in [0.25, 0.3) is 0 Å². The van der Waals surface area contributed by atoms with Crippen LogP contribution in [0, 0.1) is 0 Å². The van der Waals surface area contributed by atoms with Crippen LogP contribution < -0.4 is 0 Å². The van der Waals surface area contributed by atoms with Crippen LogP contribution in [0.1, 0.15) is 33.1 Å². The zero-order chi connectivity index (χ0) is 11.0. The predicted octanol–water partition coefficient (Wildman–Crippen LogP) is 2.98. The number of halogens is 1. The lowest BCUT2D eigenvalue weighted by Crippen LogP contribution is -2.31. The van der Waals surface area contributed by atoms with E-state index in [1.54, 1.807) is 0 Å². The normalized spacial score (nSPS) is 9.93. The molecule has 0 saturated heterocycles. The number of likely N-dealkylation sites (N-methyl/N-ethyl adjacent to an activating group) is 1. The van der Waals surface area contributed by atoms with E-state index in [2.05, 4.69) is 22.5 Å². The van der Waals surface area contributed by atoms with Crippen molar-refractivity contribution in [3.8, 4) is 0 Å². The molecule has 0 unspecified atom stereocenters. The highest BCUT2D eigenvalue weighted by molar-refractivity contribution is 9.09. The summed E-state index contributed by atoms with van der Waals surface area (Å²) in [7, 11) is 0. The van der Waals surface area contributed by atoms with Gasteiger partial charge in [-0.05, 0) is 26.7 Å². The van der Waals surface area contributed by atoms with E-state index in [1.165, 1.54) is 0 Å². The molecule has 0 aromatic heterocycles. The molecule has 0 aliphatic rings. The van der Waals surface area contributed by atoms with Crippen LogP contribution in [-0.2, 0) is 4.79 Å². The van der Waals surface area contributed by atoms with Gasteiger partial charge in [-0.3, -0.25) is 4.79 Å². The maximum Gasteiger partial charge on any atom is 0.222 e. The predicted molar refractivity (Wildman–Crippen MR) is 64.7 cm³/mol. The zero-order valence-electron chi connectivity index (χ0n) is 9.18. The van der Waals surface area contributed by atoms with Crippen molar-refractivity contribution in [3.63, 3.8) is 0 Å². The SMILES string of the molecule is C=C(C)CN(CC)C(=O)CCCCBr. The van der Waals surface area contributed by atoms with Crippen molar-refractivity contribution in [1.29, 1.82) is 0 Å². The minimum Gasteiger partial charge on any atom is -0.339 e. The second kappa shape index (κ2) is 8.04. The third-order valence-corrected chi connectivity index (χ3v) is 2.53. The fourth-order valence-electron chi connectivity index (χ4n) is 1.23. The van der Waals surface area contributed by atoms with Crippen LogP contribution in [0.2, 0.25) is 0 Å². The Morgan fingerprint density at radius 1 is 1.43 bits per heavy atom. The molecule has 0 aliphatic carbocycles. The van der Waals surface area contributed by atoms with Crippen molar-refractivity contribution < 1.29 is 4.79 Å². The topological polar surface area (TPSA) is 20.3 Å². The fourth-order valence-corrected chi connectivity index (χ4v) is 1.63. The molecule has 14 heavy (non-hydrogen) atoms. The monoisotopic (exact) mass is 261 g/mol. The molecular weight excluding hydrogens is 242 g/mol. The zero-order valence-corrected chi connectivity index (χ0v) is 10.8. The Bertz CT molecular complexity index is 192. The van der Waals surface area contributed by atoms with Crippen molar-refractivity contribution in [2.75, 3.05) is 18.4 Å². The number of nitrogens with zero attached hydrogens (tertiary/aromatic N) is 1. The highest BCUT2D eigenvalue weighted by Crippen LogP contribution is 2.04. The Hall–Kier alpha value is -0.310. The molecule has 0 rings (SSSR count). The summed E-state index contributed by atoms with van der Waals surface area (Å²) in [4.78, 5) is 13.5. The summed E-state index contributed by atoms with van der Waals surface area (Å²) in [6, 6.07) is 0. The number of rotatable bonds is 7. The van der Waals surface area contributed by atoms with Crippen LogP contribution in [0.5, 0.6) is 0 Å². The van der Waals surface area contributed by atoms with Gasteiger partial charge in [-0.15, -0.1) is 0 Å². The van der Waals surface area contributed by atoms with Gasteiger partial charge in [0.1, 0.15) is 0 Å². The van der Waals surface area contributed by atoms with E-state index in [1.807, 2.05) is 18.7 Å². The summed E-state index contributed by atoms with van der Waals surface area (Å²) >= 11 is 3.35. The van der Waals surface area contributed by atoms with Crippen LogP contribution in [0.15, 0.2) is 12.2 Å². The molecule has 0 aliphatic heterocycles. The van der Waals surface area contributed by atoms with E-state index in [-0.39, 0.29) is 5.91 Å². The first-order valence-electron chi connectivity index (χ1n) is 5.10. The van der Waals surface area contributed by atoms with Gasteiger partial charge >= 0.3 is 0 Å². The largest absolute Gasteiger partial charge is 0.339 e. The number of amides is 1. The van der Waals surface area contributed by atoms with Crippen molar-refractivity contribution >= 4 is 21.8 Å². The van der Waals surface area contributed by atoms with Gasteiger partial charge in [0, 0.05) is 24.8 Å². The minimum absolute atomic E-state index is 0.247. The van der Waals surface area contributed by atoms with Crippen LogP contribution in [0.3, 0.4) is 0 Å². The molecule has 0 radical (unpaired) electrons. The lowest BCUT2D eigenvalue weighted by molar-refractivity contribution is -0.130. The van der Waals surface area contributed by atoms with Gasteiger partial charge in [0.2, 0.25) is 5.91 Å².